The lowest BCUT2D eigenvalue weighted by molar-refractivity contribution is 0.544. The highest BCUT2D eigenvalue weighted by atomic mass is 15.0. The van der Waals surface area contributed by atoms with Gasteiger partial charge >= 0.3 is 0 Å². The fraction of sp³-hybridized carbons (Fsp3) is 0.636. The van der Waals surface area contributed by atoms with Crippen molar-refractivity contribution in [2.75, 3.05) is 6.54 Å². The molecule has 1 N–H and O–H groups in total. The average molecular weight is 165 g/mol. The molecule has 12 heavy (non-hydrogen) atoms. The zero-order chi connectivity index (χ0) is 9.30. The molecular formula is C11H19N. The van der Waals surface area contributed by atoms with Gasteiger partial charge in [0.25, 0.3) is 0 Å². The largest absolute Gasteiger partial charge is 0.310 e. The van der Waals surface area contributed by atoms with Gasteiger partial charge in [0.1, 0.15) is 0 Å². The van der Waals surface area contributed by atoms with Crippen LogP contribution in [0.3, 0.4) is 0 Å². The summed E-state index contributed by atoms with van der Waals surface area (Å²) in [5.41, 5.74) is 2.62. The van der Waals surface area contributed by atoms with Crippen LogP contribution in [0.4, 0.5) is 0 Å². The second-order valence-electron chi connectivity index (χ2n) is 3.77. The Kier molecular flexibility index (Phi) is 2.73. The molecule has 1 heteroatoms. The van der Waals surface area contributed by atoms with Gasteiger partial charge in [0.15, 0.2) is 0 Å². The van der Waals surface area contributed by atoms with Gasteiger partial charge in [-0.05, 0) is 19.4 Å². The molecule has 0 aliphatic heterocycles. The Morgan fingerprint density at radius 3 is 2.67 bits per heavy atom. The highest BCUT2D eigenvalue weighted by Crippen LogP contribution is 2.44. The van der Waals surface area contributed by atoms with E-state index in [4.69, 9.17) is 0 Å². The summed E-state index contributed by atoms with van der Waals surface area (Å²) < 4.78 is 0. The van der Waals surface area contributed by atoms with Crippen LogP contribution in [0.2, 0.25) is 0 Å². The van der Waals surface area contributed by atoms with Crippen molar-refractivity contribution in [2.45, 2.75) is 26.8 Å². The molecule has 0 aromatic rings. The number of rotatable bonds is 4. The molecule has 68 valence electrons. The molecule has 0 bridgehead atoms. The summed E-state index contributed by atoms with van der Waals surface area (Å²) in [5.74, 6) is 1.23. The molecule has 1 rings (SSSR count). The van der Waals surface area contributed by atoms with Crippen LogP contribution in [0.1, 0.15) is 20.8 Å². The van der Waals surface area contributed by atoms with Gasteiger partial charge in [-0.3, -0.25) is 0 Å². The van der Waals surface area contributed by atoms with Crippen LogP contribution < -0.4 is 5.32 Å². The summed E-state index contributed by atoms with van der Waals surface area (Å²) in [4.78, 5) is 0. The summed E-state index contributed by atoms with van der Waals surface area (Å²) >= 11 is 0. The Balaban J connectivity index is 2.47. The normalized spacial score (nSPS) is 30.1. The standard InChI is InChI=1S/C11H19N/c1-6-12-11-9(5)10(11)8(4)7(2)3/h8,10-12H,2,5-6H2,1,3-4H3. The molecule has 0 amide bonds. The quantitative estimate of drug-likeness (QED) is 0.631. The van der Waals surface area contributed by atoms with Gasteiger partial charge in [-0.1, -0.05) is 38.2 Å². The molecule has 0 heterocycles. The van der Waals surface area contributed by atoms with Crippen molar-refractivity contribution < 1.29 is 0 Å². The fourth-order valence-corrected chi connectivity index (χ4v) is 1.73. The van der Waals surface area contributed by atoms with E-state index in [9.17, 15) is 0 Å². The topological polar surface area (TPSA) is 12.0 Å². The van der Waals surface area contributed by atoms with Crippen molar-refractivity contribution in [3.05, 3.63) is 24.3 Å². The van der Waals surface area contributed by atoms with E-state index in [0.29, 0.717) is 17.9 Å². The average Bonchev–Trinajstić information content (AvgIpc) is 2.61. The predicted octanol–water partition coefficient (Wildman–Crippen LogP) is 2.36. The molecule has 0 aromatic heterocycles. The van der Waals surface area contributed by atoms with E-state index in [1.807, 2.05) is 0 Å². The molecule has 0 radical (unpaired) electrons. The van der Waals surface area contributed by atoms with Gasteiger partial charge in [-0.15, -0.1) is 0 Å². The van der Waals surface area contributed by atoms with E-state index in [0.717, 1.165) is 6.54 Å². The number of hydrogen-bond donors (Lipinski definition) is 1. The highest BCUT2D eigenvalue weighted by molar-refractivity contribution is 5.35. The van der Waals surface area contributed by atoms with E-state index < -0.39 is 0 Å². The summed E-state index contributed by atoms with van der Waals surface area (Å²) in [6, 6.07) is 0.557. The zero-order valence-corrected chi connectivity index (χ0v) is 8.35. The lowest BCUT2D eigenvalue weighted by atomic mass is 9.98. The van der Waals surface area contributed by atoms with E-state index in [1.165, 1.54) is 11.1 Å². The van der Waals surface area contributed by atoms with E-state index in [1.54, 1.807) is 0 Å². The Morgan fingerprint density at radius 2 is 2.25 bits per heavy atom. The highest BCUT2D eigenvalue weighted by Gasteiger charge is 2.45. The molecular weight excluding hydrogens is 146 g/mol. The third-order valence-corrected chi connectivity index (χ3v) is 2.82. The first kappa shape index (κ1) is 9.53. The summed E-state index contributed by atoms with van der Waals surface area (Å²) in [7, 11) is 0. The third kappa shape index (κ3) is 1.61. The molecule has 1 aliphatic rings. The van der Waals surface area contributed by atoms with Gasteiger partial charge in [0.05, 0.1) is 0 Å². The van der Waals surface area contributed by atoms with Crippen molar-refractivity contribution in [1.29, 1.82) is 0 Å². The molecule has 3 unspecified atom stereocenters. The second kappa shape index (κ2) is 3.44. The smallest absolute Gasteiger partial charge is 0.0352 e. The molecule has 1 aliphatic carbocycles. The van der Waals surface area contributed by atoms with Gasteiger partial charge in [0.2, 0.25) is 0 Å². The predicted molar refractivity (Wildman–Crippen MR) is 54.1 cm³/mol. The molecule has 1 fully saturated rings. The Hall–Kier alpha value is -0.560. The summed E-state index contributed by atoms with van der Waals surface area (Å²) in [6.07, 6.45) is 0. The first-order valence-electron chi connectivity index (χ1n) is 4.67. The van der Waals surface area contributed by atoms with Gasteiger partial charge in [-0.2, -0.15) is 0 Å². The maximum atomic E-state index is 4.05. The molecule has 1 saturated carbocycles. The van der Waals surface area contributed by atoms with Crippen molar-refractivity contribution >= 4 is 0 Å². The lowest BCUT2D eigenvalue weighted by Crippen LogP contribution is -2.19. The Morgan fingerprint density at radius 1 is 1.67 bits per heavy atom. The van der Waals surface area contributed by atoms with Crippen LogP contribution in [0.5, 0.6) is 0 Å². The van der Waals surface area contributed by atoms with Crippen LogP contribution in [-0.2, 0) is 0 Å². The number of nitrogens with one attached hydrogen (secondary N) is 1. The third-order valence-electron chi connectivity index (χ3n) is 2.82. The Bertz CT molecular complexity index is 205. The monoisotopic (exact) mass is 165 g/mol. The van der Waals surface area contributed by atoms with E-state index in [-0.39, 0.29) is 0 Å². The maximum absolute atomic E-state index is 4.05. The van der Waals surface area contributed by atoms with Crippen LogP contribution >= 0.6 is 0 Å². The minimum atomic E-state index is 0.557. The maximum Gasteiger partial charge on any atom is 0.0352 e. The number of likely N-dealkylation sites (N-methyl/N-ethyl adjacent to an activating group) is 1. The number of allylic oxidation sites excluding steroid dienone is 1. The van der Waals surface area contributed by atoms with E-state index in [2.05, 4.69) is 39.2 Å². The fourth-order valence-electron chi connectivity index (χ4n) is 1.73. The Labute approximate surface area is 75.6 Å². The molecule has 0 aromatic carbocycles. The summed E-state index contributed by atoms with van der Waals surface area (Å²) in [5, 5.41) is 3.41. The number of hydrogen-bond acceptors (Lipinski definition) is 1. The SMILES string of the molecule is C=C(C)C(C)C1C(=C)C1NCC. The van der Waals surface area contributed by atoms with Crippen LogP contribution in [-0.4, -0.2) is 12.6 Å². The van der Waals surface area contributed by atoms with Crippen molar-refractivity contribution in [3.8, 4) is 0 Å². The van der Waals surface area contributed by atoms with Crippen LogP contribution in [0.25, 0.3) is 0 Å². The molecule has 3 atom stereocenters. The van der Waals surface area contributed by atoms with Crippen molar-refractivity contribution in [3.63, 3.8) is 0 Å². The van der Waals surface area contributed by atoms with Crippen molar-refractivity contribution in [1.82, 2.24) is 5.32 Å². The molecule has 0 saturated heterocycles. The molecule has 0 spiro atoms. The minimum absolute atomic E-state index is 0.557. The van der Waals surface area contributed by atoms with Gasteiger partial charge in [0, 0.05) is 12.0 Å². The first-order valence-corrected chi connectivity index (χ1v) is 4.67. The van der Waals surface area contributed by atoms with Gasteiger partial charge in [-0.25, -0.2) is 0 Å². The van der Waals surface area contributed by atoms with Crippen molar-refractivity contribution in [2.24, 2.45) is 11.8 Å². The second-order valence-corrected chi connectivity index (χ2v) is 3.77. The van der Waals surface area contributed by atoms with Gasteiger partial charge < -0.3 is 5.32 Å². The molecule has 1 nitrogen and oxygen atoms in total. The first-order chi connectivity index (χ1) is 5.59. The van der Waals surface area contributed by atoms with Crippen LogP contribution in [0.15, 0.2) is 24.3 Å². The lowest BCUT2D eigenvalue weighted by Gasteiger charge is -2.09. The minimum Gasteiger partial charge on any atom is -0.310 e. The summed E-state index contributed by atoms with van der Waals surface area (Å²) in [6.45, 7) is 15.5. The van der Waals surface area contributed by atoms with E-state index >= 15 is 0 Å². The zero-order valence-electron chi connectivity index (χ0n) is 8.35. The van der Waals surface area contributed by atoms with Crippen LogP contribution in [0, 0.1) is 11.8 Å².